The van der Waals surface area contributed by atoms with Crippen LogP contribution >= 0.6 is 11.8 Å². The molecule has 0 saturated heterocycles. The Hall–Kier alpha value is -2.87. The van der Waals surface area contributed by atoms with Gasteiger partial charge in [0.15, 0.2) is 0 Å². The monoisotopic (exact) mass is 387 g/mol. The first-order chi connectivity index (χ1) is 13.0. The third-order valence-electron chi connectivity index (χ3n) is 4.20. The van der Waals surface area contributed by atoms with Crippen LogP contribution in [0.1, 0.15) is 6.42 Å². The number of ether oxygens (including phenoxy) is 1. The average Bonchev–Trinajstić information content (AvgIpc) is 3.01. The Morgan fingerprint density at radius 1 is 1.22 bits per heavy atom. The van der Waals surface area contributed by atoms with Crippen molar-refractivity contribution in [2.75, 3.05) is 24.4 Å². The van der Waals surface area contributed by atoms with Crippen LogP contribution in [0.25, 0.3) is 21.9 Å². The van der Waals surface area contributed by atoms with Gasteiger partial charge in [-0.05, 0) is 30.6 Å². The van der Waals surface area contributed by atoms with Crippen LogP contribution < -0.4 is 21.1 Å². The molecule has 3 amide bonds. The largest absolute Gasteiger partial charge is 0.495 e. The minimum absolute atomic E-state index is 0.364. The van der Waals surface area contributed by atoms with Crippen LogP contribution in [-0.4, -0.2) is 37.1 Å². The number of anilines is 1. The Morgan fingerprint density at radius 2 is 2.00 bits per heavy atom. The quantitative estimate of drug-likeness (QED) is 0.576. The fourth-order valence-electron chi connectivity index (χ4n) is 2.91. The Labute approximate surface area is 160 Å². The second kappa shape index (κ2) is 8.22. The fraction of sp³-hybridized carbons (Fsp3) is 0.263. The first-order valence-electron chi connectivity index (χ1n) is 8.38. The lowest BCUT2D eigenvalue weighted by Gasteiger charge is -2.18. The van der Waals surface area contributed by atoms with E-state index in [0.29, 0.717) is 29.2 Å². The van der Waals surface area contributed by atoms with Gasteiger partial charge in [0.1, 0.15) is 23.0 Å². The molecule has 4 N–H and O–H groups in total. The molecule has 142 valence electrons. The number of fused-ring (bicyclic) bond motifs is 3. The summed E-state index contributed by atoms with van der Waals surface area (Å²) in [4.78, 5) is 23.9. The van der Waals surface area contributed by atoms with Crippen molar-refractivity contribution in [1.29, 1.82) is 0 Å². The topological polar surface area (TPSA) is 107 Å². The van der Waals surface area contributed by atoms with Crippen LogP contribution in [0.15, 0.2) is 40.8 Å². The number of urea groups is 1. The van der Waals surface area contributed by atoms with Crippen molar-refractivity contribution in [3.05, 3.63) is 36.4 Å². The smallest absolute Gasteiger partial charge is 0.312 e. The van der Waals surface area contributed by atoms with Gasteiger partial charge < -0.3 is 25.5 Å². The van der Waals surface area contributed by atoms with Crippen LogP contribution in [0.4, 0.5) is 10.5 Å². The third-order valence-corrected chi connectivity index (χ3v) is 4.84. The molecule has 0 unspecified atom stereocenters. The number of hydrogen-bond acceptors (Lipinski definition) is 5. The van der Waals surface area contributed by atoms with E-state index in [9.17, 15) is 9.59 Å². The molecule has 0 bridgehead atoms. The molecule has 0 radical (unpaired) electrons. The average molecular weight is 387 g/mol. The molecule has 1 atom stereocenters. The van der Waals surface area contributed by atoms with Gasteiger partial charge in [-0.1, -0.05) is 18.2 Å². The molecule has 1 aromatic heterocycles. The molecule has 0 aliphatic rings. The number of hydrogen-bond donors (Lipinski definition) is 3. The summed E-state index contributed by atoms with van der Waals surface area (Å²) >= 11 is 1.58. The summed E-state index contributed by atoms with van der Waals surface area (Å²) in [5.74, 6) is 0.847. The molecular weight excluding hydrogens is 366 g/mol. The molecule has 0 aliphatic heterocycles. The molecule has 0 saturated carbocycles. The minimum Gasteiger partial charge on any atom is -0.495 e. The highest BCUT2D eigenvalue weighted by Gasteiger charge is 2.21. The predicted octanol–water partition coefficient (Wildman–Crippen LogP) is 3.32. The van der Waals surface area contributed by atoms with E-state index < -0.39 is 12.1 Å². The Morgan fingerprint density at radius 3 is 2.70 bits per heavy atom. The maximum Gasteiger partial charge on any atom is 0.312 e. The van der Waals surface area contributed by atoms with Crippen molar-refractivity contribution in [3.63, 3.8) is 0 Å². The number of furan rings is 1. The first kappa shape index (κ1) is 18.9. The molecule has 0 fully saturated rings. The molecule has 8 heteroatoms. The number of primary amides is 1. The summed E-state index contributed by atoms with van der Waals surface area (Å²) in [5, 5.41) is 7.16. The molecule has 27 heavy (non-hydrogen) atoms. The van der Waals surface area contributed by atoms with Crippen molar-refractivity contribution in [2.45, 2.75) is 12.5 Å². The van der Waals surface area contributed by atoms with Gasteiger partial charge in [0.25, 0.3) is 0 Å². The highest BCUT2D eigenvalue weighted by molar-refractivity contribution is 7.98. The molecular formula is C19H21N3O4S. The number of benzene rings is 2. The third kappa shape index (κ3) is 4.11. The van der Waals surface area contributed by atoms with Gasteiger partial charge in [0.2, 0.25) is 5.91 Å². The first-order valence-corrected chi connectivity index (χ1v) is 9.78. The lowest BCUT2D eigenvalue weighted by Crippen LogP contribution is -2.46. The number of thioether (sulfide) groups is 1. The van der Waals surface area contributed by atoms with Crippen LogP contribution in [0, 0.1) is 0 Å². The second-order valence-electron chi connectivity index (χ2n) is 5.98. The number of carbonyl (C=O) groups excluding carboxylic acids is 2. The molecule has 3 rings (SSSR count). The van der Waals surface area contributed by atoms with E-state index in [2.05, 4.69) is 10.6 Å². The van der Waals surface area contributed by atoms with Gasteiger partial charge in [-0.2, -0.15) is 11.8 Å². The lowest BCUT2D eigenvalue weighted by molar-refractivity contribution is -0.118. The van der Waals surface area contributed by atoms with Crippen LogP contribution in [-0.2, 0) is 4.79 Å². The van der Waals surface area contributed by atoms with Crippen molar-refractivity contribution in [2.24, 2.45) is 5.73 Å². The van der Waals surface area contributed by atoms with E-state index in [-0.39, 0.29) is 5.91 Å². The van der Waals surface area contributed by atoms with Crippen molar-refractivity contribution in [3.8, 4) is 5.75 Å². The number of nitrogens with two attached hydrogens (primary N) is 1. The molecule has 1 heterocycles. The van der Waals surface area contributed by atoms with E-state index >= 15 is 0 Å². The van der Waals surface area contributed by atoms with Crippen molar-refractivity contribution < 1.29 is 18.7 Å². The fourth-order valence-corrected chi connectivity index (χ4v) is 3.39. The highest BCUT2D eigenvalue weighted by atomic mass is 32.2. The maximum absolute atomic E-state index is 12.7. The maximum atomic E-state index is 12.7. The Kier molecular flexibility index (Phi) is 5.75. The summed E-state index contributed by atoms with van der Waals surface area (Å²) in [5.41, 5.74) is 7.05. The number of methoxy groups -OCH3 is 1. The lowest BCUT2D eigenvalue weighted by atomic mass is 10.1. The molecule has 7 nitrogen and oxygen atoms in total. The SMILES string of the molecule is COc1cc2c(cc1NC(=O)[C@@H](CCSC)NC(N)=O)oc1ccccc12. The number of rotatable bonds is 7. The van der Waals surface area contributed by atoms with Gasteiger partial charge in [-0.15, -0.1) is 0 Å². The van der Waals surface area contributed by atoms with Gasteiger partial charge in [0.05, 0.1) is 12.8 Å². The van der Waals surface area contributed by atoms with E-state index in [1.54, 1.807) is 17.8 Å². The zero-order valence-electron chi connectivity index (χ0n) is 15.1. The normalized spacial score (nSPS) is 12.1. The van der Waals surface area contributed by atoms with E-state index in [1.807, 2.05) is 36.6 Å². The number of nitrogens with one attached hydrogen (secondary N) is 2. The number of para-hydroxylation sites is 1. The summed E-state index contributed by atoms with van der Waals surface area (Å²) in [7, 11) is 1.53. The molecule has 2 aromatic carbocycles. The molecule has 0 spiro atoms. The van der Waals surface area contributed by atoms with E-state index in [4.69, 9.17) is 14.9 Å². The van der Waals surface area contributed by atoms with Gasteiger partial charge in [-0.3, -0.25) is 4.79 Å². The Balaban J connectivity index is 1.93. The van der Waals surface area contributed by atoms with Gasteiger partial charge in [0, 0.05) is 16.8 Å². The van der Waals surface area contributed by atoms with Crippen LogP contribution in [0.3, 0.4) is 0 Å². The summed E-state index contributed by atoms with van der Waals surface area (Å²) in [6.07, 6.45) is 2.39. The molecule has 0 aliphatic carbocycles. The molecule has 3 aromatic rings. The minimum atomic E-state index is -0.740. The number of amides is 3. The summed E-state index contributed by atoms with van der Waals surface area (Å²) in [6.45, 7) is 0. The van der Waals surface area contributed by atoms with Gasteiger partial charge >= 0.3 is 6.03 Å². The highest BCUT2D eigenvalue weighted by Crippen LogP contribution is 2.36. The summed E-state index contributed by atoms with van der Waals surface area (Å²) < 4.78 is 11.3. The van der Waals surface area contributed by atoms with Crippen LogP contribution in [0.5, 0.6) is 5.75 Å². The van der Waals surface area contributed by atoms with Gasteiger partial charge in [-0.25, -0.2) is 4.79 Å². The summed E-state index contributed by atoms with van der Waals surface area (Å²) in [6, 6.07) is 9.77. The van der Waals surface area contributed by atoms with E-state index in [0.717, 1.165) is 16.4 Å². The van der Waals surface area contributed by atoms with Crippen molar-refractivity contribution >= 4 is 51.3 Å². The second-order valence-corrected chi connectivity index (χ2v) is 6.96. The zero-order chi connectivity index (χ0) is 19.4. The Bertz CT molecular complexity index is 986. The standard InChI is InChI=1S/C19H21N3O4S/c1-25-17-9-12-11-5-3-4-6-15(11)26-16(12)10-14(17)21-18(23)13(7-8-27-2)22-19(20)24/h3-6,9-10,13H,7-8H2,1-2H3,(H,21,23)(H3,20,22,24)/t13-/m1/s1. The zero-order valence-corrected chi connectivity index (χ0v) is 15.9. The van der Waals surface area contributed by atoms with Crippen molar-refractivity contribution in [1.82, 2.24) is 5.32 Å². The number of carbonyl (C=O) groups is 2. The van der Waals surface area contributed by atoms with Crippen LogP contribution in [0.2, 0.25) is 0 Å². The predicted molar refractivity (Wildman–Crippen MR) is 108 cm³/mol. The van der Waals surface area contributed by atoms with E-state index in [1.165, 1.54) is 7.11 Å².